The number of carbonyl (C=O) groups excluding carboxylic acids is 1. The SMILES string of the molecule is CCCCCCC(=O)SCCC. The molecule has 12 heavy (non-hydrogen) atoms. The Balaban J connectivity index is 3.08. The molecule has 0 saturated heterocycles. The van der Waals surface area contributed by atoms with Crippen LogP contribution in [0.1, 0.15) is 52.4 Å². The van der Waals surface area contributed by atoms with Crippen molar-refractivity contribution in [3.05, 3.63) is 0 Å². The fourth-order valence-electron chi connectivity index (χ4n) is 0.984. The van der Waals surface area contributed by atoms with Gasteiger partial charge in [0.15, 0.2) is 5.12 Å². The predicted molar refractivity (Wildman–Crippen MR) is 56.5 cm³/mol. The van der Waals surface area contributed by atoms with E-state index in [1.165, 1.54) is 31.0 Å². The van der Waals surface area contributed by atoms with Gasteiger partial charge in [-0.15, -0.1) is 0 Å². The minimum Gasteiger partial charge on any atom is -0.287 e. The summed E-state index contributed by atoms with van der Waals surface area (Å²) in [5, 5.41) is 0.382. The Morgan fingerprint density at radius 1 is 1.08 bits per heavy atom. The molecule has 0 amide bonds. The standard InChI is InChI=1S/C10H20OS/c1-3-5-6-7-8-10(11)12-9-4-2/h3-9H2,1-2H3. The van der Waals surface area contributed by atoms with Crippen LogP contribution in [0.15, 0.2) is 0 Å². The summed E-state index contributed by atoms with van der Waals surface area (Å²) in [6, 6.07) is 0. The van der Waals surface area contributed by atoms with Gasteiger partial charge in [-0.1, -0.05) is 44.9 Å². The summed E-state index contributed by atoms with van der Waals surface area (Å²) in [4.78, 5) is 11.1. The third-order valence-electron chi connectivity index (χ3n) is 1.70. The van der Waals surface area contributed by atoms with Crippen LogP contribution in [0.2, 0.25) is 0 Å². The molecule has 0 rings (SSSR count). The minimum absolute atomic E-state index is 0.382. The lowest BCUT2D eigenvalue weighted by molar-refractivity contribution is -0.111. The van der Waals surface area contributed by atoms with Crippen molar-refractivity contribution in [2.45, 2.75) is 52.4 Å². The number of rotatable bonds is 7. The van der Waals surface area contributed by atoms with Gasteiger partial charge < -0.3 is 0 Å². The quantitative estimate of drug-likeness (QED) is 0.567. The van der Waals surface area contributed by atoms with Crippen LogP contribution in [0.4, 0.5) is 0 Å². The molecular formula is C10H20OS. The van der Waals surface area contributed by atoms with E-state index >= 15 is 0 Å². The Hall–Kier alpha value is 0.0200. The van der Waals surface area contributed by atoms with Gasteiger partial charge in [0.05, 0.1) is 0 Å². The van der Waals surface area contributed by atoms with E-state index in [9.17, 15) is 4.79 Å². The zero-order chi connectivity index (χ0) is 9.23. The van der Waals surface area contributed by atoms with Crippen molar-refractivity contribution in [3.8, 4) is 0 Å². The van der Waals surface area contributed by atoms with E-state index < -0.39 is 0 Å². The molecule has 0 fully saturated rings. The van der Waals surface area contributed by atoms with Crippen molar-refractivity contribution in [3.63, 3.8) is 0 Å². The van der Waals surface area contributed by atoms with Gasteiger partial charge >= 0.3 is 0 Å². The fourth-order valence-corrected chi connectivity index (χ4v) is 1.70. The largest absolute Gasteiger partial charge is 0.287 e. The monoisotopic (exact) mass is 188 g/mol. The molecule has 0 spiro atoms. The second kappa shape index (κ2) is 9.11. The highest BCUT2D eigenvalue weighted by Crippen LogP contribution is 2.11. The van der Waals surface area contributed by atoms with Gasteiger partial charge in [-0.2, -0.15) is 0 Å². The molecule has 0 aliphatic rings. The average Bonchev–Trinajstić information content (AvgIpc) is 2.09. The van der Waals surface area contributed by atoms with E-state index in [4.69, 9.17) is 0 Å². The lowest BCUT2D eigenvalue weighted by Crippen LogP contribution is -1.92. The first kappa shape index (κ1) is 12.0. The summed E-state index contributed by atoms with van der Waals surface area (Å²) >= 11 is 1.50. The third kappa shape index (κ3) is 8.12. The zero-order valence-electron chi connectivity index (χ0n) is 8.27. The van der Waals surface area contributed by atoms with Gasteiger partial charge in [0, 0.05) is 12.2 Å². The molecule has 0 atom stereocenters. The summed E-state index contributed by atoms with van der Waals surface area (Å²) in [5.41, 5.74) is 0. The van der Waals surface area contributed by atoms with Crippen LogP contribution in [-0.2, 0) is 4.79 Å². The molecule has 1 nitrogen and oxygen atoms in total. The lowest BCUT2D eigenvalue weighted by Gasteiger charge is -1.98. The first-order valence-corrected chi connectivity index (χ1v) is 5.95. The molecule has 0 saturated carbocycles. The van der Waals surface area contributed by atoms with E-state index in [0.717, 1.165) is 25.0 Å². The van der Waals surface area contributed by atoms with Gasteiger partial charge in [0.25, 0.3) is 0 Å². The van der Waals surface area contributed by atoms with Crippen molar-refractivity contribution in [1.82, 2.24) is 0 Å². The third-order valence-corrected chi connectivity index (χ3v) is 2.84. The number of carbonyl (C=O) groups is 1. The summed E-state index contributed by atoms with van der Waals surface area (Å²) in [6.07, 6.45) is 6.70. The lowest BCUT2D eigenvalue weighted by atomic mass is 10.2. The normalized spacial score (nSPS) is 10.2. The van der Waals surface area contributed by atoms with Crippen molar-refractivity contribution in [2.24, 2.45) is 0 Å². The molecule has 0 aromatic heterocycles. The van der Waals surface area contributed by atoms with E-state index in [1.807, 2.05) is 0 Å². The number of unbranched alkanes of at least 4 members (excludes halogenated alkanes) is 3. The average molecular weight is 188 g/mol. The second-order valence-electron chi connectivity index (χ2n) is 3.03. The maximum Gasteiger partial charge on any atom is 0.188 e. The fraction of sp³-hybridized carbons (Fsp3) is 0.900. The summed E-state index contributed by atoms with van der Waals surface area (Å²) in [6.45, 7) is 4.30. The van der Waals surface area contributed by atoms with Gasteiger partial charge in [0.2, 0.25) is 0 Å². The van der Waals surface area contributed by atoms with Gasteiger partial charge in [0.1, 0.15) is 0 Å². The van der Waals surface area contributed by atoms with Crippen LogP contribution in [0, 0.1) is 0 Å². The van der Waals surface area contributed by atoms with Crippen LogP contribution in [-0.4, -0.2) is 10.9 Å². The van der Waals surface area contributed by atoms with E-state index in [1.54, 1.807) is 0 Å². The highest BCUT2D eigenvalue weighted by Gasteiger charge is 2.00. The minimum atomic E-state index is 0.382. The summed E-state index contributed by atoms with van der Waals surface area (Å²) in [7, 11) is 0. The van der Waals surface area contributed by atoms with Gasteiger partial charge in [-0.05, 0) is 12.8 Å². The van der Waals surface area contributed by atoms with Gasteiger partial charge in [-0.3, -0.25) is 4.79 Å². The molecule has 2 heteroatoms. The predicted octanol–water partition coefficient (Wildman–Crippen LogP) is 3.63. The van der Waals surface area contributed by atoms with Crippen LogP contribution in [0.25, 0.3) is 0 Å². The molecule has 0 aromatic rings. The molecule has 0 unspecified atom stereocenters. The highest BCUT2D eigenvalue weighted by molar-refractivity contribution is 8.13. The molecule has 0 aromatic carbocycles. The molecule has 0 radical (unpaired) electrons. The van der Waals surface area contributed by atoms with Crippen molar-refractivity contribution < 1.29 is 4.79 Å². The van der Waals surface area contributed by atoms with Crippen LogP contribution in [0.5, 0.6) is 0 Å². The van der Waals surface area contributed by atoms with Crippen molar-refractivity contribution >= 4 is 16.9 Å². The van der Waals surface area contributed by atoms with Crippen molar-refractivity contribution in [1.29, 1.82) is 0 Å². The van der Waals surface area contributed by atoms with Crippen LogP contribution < -0.4 is 0 Å². The zero-order valence-corrected chi connectivity index (χ0v) is 9.08. The highest BCUT2D eigenvalue weighted by atomic mass is 32.2. The molecule has 72 valence electrons. The number of thioether (sulfide) groups is 1. The Kier molecular flexibility index (Phi) is 9.13. The molecule has 0 bridgehead atoms. The maximum absolute atomic E-state index is 11.1. The molecule has 0 aliphatic heterocycles. The smallest absolute Gasteiger partial charge is 0.188 e. The number of hydrogen-bond donors (Lipinski definition) is 0. The molecular weight excluding hydrogens is 168 g/mol. The first-order chi connectivity index (χ1) is 5.81. The summed E-state index contributed by atoms with van der Waals surface area (Å²) < 4.78 is 0. The molecule has 0 aliphatic carbocycles. The van der Waals surface area contributed by atoms with Crippen molar-refractivity contribution in [2.75, 3.05) is 5.75 Å². The van der Waals surface area contributed by atoms with Crippen LogP contribution >= 0.6 is 11.8 Å². The number of hydrogen-bond acceptors (Lipinski definition) is 2. The van der Waals surface area contributed by atoms with Crippen LogP contribution in [0.3, 0.4) is 0 Å². The van der Waals surface area contributed by atoms with E-state index in [2.05, 4.69) is 13.8 Å². The second-order valence-corrected chi connectivity index (χ2v) is 4.18. The molecule has 0 N–H and O–H groups in total. The van der Waals surface area contributed by atoms with E-state index in [-0.39, 0.29) is 0 Å². The Bertz CT molecular complexity index is 112. The maximum atomic E-state index is 11.1. The Morgan fingerprint density at radius 3 is 2.42 bits per heavy atom. The topological polar surface area (TPSA) is 17.1 Å². The first-order valence-electron chi connectivity index (χ1n) is 4.96. The summed E-state index contributed by atoms with van der Waals surface area (Å²) in [5.74, 6) is 0.993. The Labute approximate surface area is 80.3 Å². The van der Waals surface area contributed by atoms with E-state index in [0.29, 0.717) is 5.12 Å². The van der Waals surface area contributed by atoms with Gasteiger partial charge in [-0.25, -0.2) is 0 Å². The Morgan fingerprint density at radius 2 is 1.83 bits per heavy atom. The molecule has 0 heterocycles.